The molecule has 0 saturated carbocycles. The average molecular weight is 254 g/mol. The second-order valence-electron chi connectivity index (χ2n) is 4.78. The van der Waals surface area contributed by atoms with Crippen LogP contribution < -0.4 is 5.32 Å². The monoisotopic (exact) mass is 254 g/mol. The molecule has 0 spiro atoms. The summed E-state index contributed by atoms with van der Waals surface area (Å²) in [5.74, 6) is 0. The molecule has 0 amide bonds. The number of hydrogen-bond donors (Lipinski definition) is 1. The van der Waals surface area contributed by atoms with Crippen molar-refractivity contribution in [2.75, 3.05) is 13.1 Å². The molecular weight excluding hydrogens is 236 g/mol. The van der Waals surface area contributed by atoms with Gasteiger partial charge in [0.2, 0.25) is 0 Å². The van der Waals surface area contributed by atoms with Crippen LogP contribution >= 0.6 is 0 Å². The van der Waals surface area contributed by atoms with Crippen LogP contribution in [-0.2, 0) is 6.54 Å². The van der Waals surface area contributed by atoms with E-state index >= 15 is 0 Å². The van der Waals surface area contributed by atoms with Crippen molar-refractivity contribution in [1.29, 1.82) is 0 Å². The van der Waals surface area contributed by atoms with Crippen molar-refractivity contribution in [3.8, 4) is 11.3 Å². The van der Waals surface area contributed by atoms with Gasteiger partial charge in [-0.25, -0.2) is 4.98 Å². The first-order chi connectivity index (χ1) is 9.43. The van der Waals surface area contributed by atoms with Crippen LogP contribution in [0.4, 0.5) is 0 Å². The number of aromatic nitrogens is 3. The molecule has 0 bridgehead atoms. The molecule has 0 aromatic carbocycles. The van der Waals surface area contributed by atoms with Crippen molar-refractivity contribution in [2.45, 2.75) is 19.4 Å². The molecule has 4 heteroatoms. The fourth-order valence-corrected chi connectivity index (χ4v) is 2.41. The average Bonchev–Trinajstić information content (AvgIpc) is 2.95. The van der Waals surface area contributed by atoms with Crippen molar-refractivity contribution in [3.63, 3.8) is 0 Å². The Labute approximate surface area is 113 Å². The number of imidazole rings is 1. The van der Waals surface area contributed by atoms with Gasteiger partial charge in [0, 0.05) is 31.0 Å². The van der Waals surface area contributed by atoms with E-state index in [9.17, 15) is 0 Å². The predicted octanol–water partition coefficient (Wildman–Crippen LogP) is 2.25. The van der Waals surface area contributed by atoms with Crippen LogP contribution in [0.3, 0.4) is 0 Å². The molecule has 0 aliphatic carbocycles. The van der Waals surface area contributed by atoms with E-state index in [1.54, 1.807) is 11.8 Å². The van der Waals surface area contributed by atoms with E-state index in [0.717, 1.165) is 43.7 Å². The lowest BCUT2D eigenvalue weighted by atomic mass is 10.1. The largest absolute Gasteiger partial charge is 0.330 e. The lowest BCUT2D eigenvalue weighted by Crippen LogP contribution is -2.21. The predicted molar refractivity (Wildman–Crippen MR) is 75.6 cm³/mol. The Hall–Kier alpha value is -1.94. The third-order valence-corrected chi connectivity index (χ3v) is 3.50. The number of nitrogens with zero attached hydrogens (tertiary/aromatic N) is 3. The Kier molecular flexibility index (Phi) is 3.70. The minimum atomic E-state index is 0.982. The second kappa shape index (κ2) is 5.80. The SMILES string of the molecule is C1=C(CCn2cncc2-c2cccnc2)CCNC1. The highest BCUT2D eigenvalue weighted by atomic mass is 15.0. The van der Waals surface area contributed by atoms with Gasteiger partial charge in [0.1, 0.15) is 0 Å². The molecule has 98 valence electrons. The van der Waals surface area contributed by atoms with Gasteiger partial charge in [0.05, 0.1) is 18.2 Å². The third-order valence-electron chi connectivity index (χ3n) is 3.50. The summed E-state index contributed by atoms with van der Waals surface area (Å²) in [5.41, 5.74) is 3.81. The van der Waals surface area contributed by atoms with Gasteiger partial charge in [-0.15, -0.1) is 0 Å². The van der Waals surface area contributed by atoms with E-state index in [1.165, 1.54) is 0 Å². The maximum Gasteiger partial charge on any atom is 0.0951 e. The van der Waals surface area contributed by atoms with Crippen LogP contribution in [-0.4, -0.2) is 27.6 Å². The summed E-state index contributed by atoms with van der Waals surface area (Å²) in [7, 11) is 0. The summed E-state index contributed by atoms with van der Waals surface area (Å²) in [6.07, 6.45) is 12.1. The lowest BCUT2D eigenvalue weighted by molar-refractivity contribution is 0.632. The third kappa shape index (κ3) is 2.90. The molecule has 0 atom stereocenters. The van der Waals surface area contributed by atoms with Crippen LogP contribution in [0.1, 0.15) is 12.8 Å². The molecule has 3 heterocycles. The number of rotatable bonds is 4. The quantitative estimate of drug-likeness (QED) is 0.851. The molecule has 19 heavy (non-hydrogen) atoms. The molecule has 0 fully saturated rings. The molecule has 3 rings (SSSR count). The van der Waals surface area contributed by atoms with Crippen molar-refractivity contribution in [3.05, 3.63) is 48.7 Å². The first-order valence-corrected chi connectivity index (χ1v) is 6.72. The summed E-state index contributed by atoms with van der Waals surface area (Å²) in [6, 6.07) is 4.03. The molecule has 4 nitrogen and oxygen atoms in total. The van der Waals surface area contributed by atoms with Gasteiger partial charge in [0.25, 0.3) is 0 Å². The summed E-state index contributed by atoms with van der Waals surface area (Å²) in [4.78, 5) is 8.44. The van der Waals surface area contributed by atoms with Gasteiger partial charge in [-0.2, -0.15) is 0 Å². The Morgan fingerprint density at radius 2 is 2.26 bits per heavy atom. The topological polar surface area (TPSA) is 42.7 Å². The van der Waals surface area contributed by atoms with Crippen LogP contribution in [0, 0.1) is 0 Å². The Morgan fingerprint density at radius 1 is 1.26 bits per heavy atom. The molecule has 1 N–H and O–H groups in total. The van der Waals surface area contributed by atoms with Crippen molar-refractivity contribution in [1.82, 2.24) is 19.9 Å². The van der Waals surface area contributed by atoms with Crippen LogP contribution in [0.25, 0.3) is 11.3 Å². The van der Waals surface area contributed by atoms with Crippen molar-refractivity contribution >= 4 is 0 Å². The molecule has 0 radical (unpaired) electrons. The highest BCUT2D eigenvalue weighted by Gasteiger charge is 2.07. The highest BCUT2D eigenvalue weighted by molar-refractivity contribution is 5.57. The van der Waals surface area contributed by atoms with Crippen molar-refractivity contribution in [2.24, 2.45) is 0 Å². The lowest BCUT2D eigenvalue weighted by Gasteiger charge is -2.15. The fourth-order valence-electron chi connectivity index (χ4n) is 2.41. The number of hydrogen-bond acceptors (Lipinski definition) is 3. The summed E-state index contributed by atoms with van der Waals surface area (Å²) >= 11 is 0. The fraction of sp³-hybridized carbons (Fsp3) is 0.333. The van der Waals surface area contributed by atoms with Crippen LogP contribution in [0.5, 0.6) is 0 Å². The minimum Gasteiger partial charge on any atom is -0.330 e. The van der Waals surface area contributed by atoms with Gasteiger partial charge >= 0.3 is 0 Å². The zero-order valence-corrected chi connectivity index (χ0v) is 10.9. The van der Waals surface area contributed by atoms with Crippen molar-refractivity contribution < 1.29 is 0 Å². The Morgan fingerprint density at radius 3 is 3.05 bits per heavy atom. The maximum atomic E-state index is 4.27. The summed E-state index contributed by atoms with van der Waals surface area (Å²) in [6.45, 7) is 3.09. The molecule has 2 aromatic heterocycles. The molecular formula is C15H18N4. The van der Waals surface area contributed by atoms with Gasteiger partial charge in [-0.05, 0) is 31.5 Å². The zero-order chi connectivity index (χ0) is 12.9. The van der Waals surface area contributed by atoms with E-state index in [4.69, 9.17) is 0 Å². The summed E-state index contributed by atoms with van der Waals surface area (Å²) in [5, 5.41) is 3.34. The molecule has 0 saturated heterocycles. The standard InChI is InChI=1S/C15H18N4/c1-2-14(10-17-6-1)15-11-18-12-19(15)9-5-13-3-7-16-8-4-13/h1-3,6,10-12,16H,4-5,7-9H2. The summed E-state index contributed by atoms with van der Waals surface area (Å²) < 4.78 is 2.21. The maximum absolute atomic E-state index is 4.27. The van der Waals surface area contributed by atoms with E-state index in [-0.39, 0.29) is 0 Å². The van der Waals surface area contributed by atoms with Gasteiger partial charge in [-0.3, -0.25) is 4.98 Å². The molecule has 0 unspecified atom stereocenters. The van der Waals surface area contributed by atoms with E-state index < -0.39 is 0 Å². The van der Waals surface area contributed by atoms with E-state index in [1.807, 2.05) is 24.8 Å². The van der Waals surface area contributed by atoms with Gasteiger partial charge in [0.15, 0.2) is 0 Å². The molecule has 1 aliphatic heterocycles. The number of nitrogens with one attached hydrogen (secondary N) is 1. The second-order valence-corrected chi connectivity index (χ2v) is 4.78. The zero-order valence-electron chi connectivity index (χ0n) is 10.9. The normalized spacial score (nSPS) is 15.3. The van der Waals surface area contributed by atoms with E-state index in [0.29, 0.717) is 0 Å². The highest BCUT2D eigenvalue weighted by Crippen LogP contribution is 2.19. The van der Waals surface area contributed by atoms with Crippen LogP contribution in [0.15, 0.2) is 48.7 Å². The number of aryl methyl sites for hydroxylation is 1. The van der Waals surface area contributed by atoms with E-state index in [2.05, 4.69) is 32.0 Å². The Balaban J connectivity index is 1.72. The van der Waals surface area contributed by atoms with Crippen LogP contribution in [0.2, 0.25) is 0 Å². The van der Waals surface area contributed by atoms with Gasteiger partial charge in [-0.1, -0.05) is 11.6 Å². The minimum absolute atomic E-state index is 0.982. The molecule has 2 aromatic rings. The van der Waals surface area contributed by atoms with Gasteiger partial charge < -0.3 is 9.88 Å². The first-order valence-electron chi connectivity index (χ1n) is 6.72. The Bertz CT molecular complexity index is 557. The smallest absolute Gasteiger partial charge is 0.0951 e. The number of pyridine rings is 1. The molecule has 1 aliphatic rings. The first kappa shape index (κ1) is 12.1.